The number of unbranched alkanes of at least 4 members (excludes halogenated alkanes) is 1. The van der Waals surface area contributed by atoms with E-state index in [-0.39, 0.29) is 6.10 Å². The quantitative estimate of drug-likeness (QED) is 0.238. The second-order valence-corrected chi connectivity index (χ2v) is 10.4. The molecule has 0 spiro atoms. The third kappa shape index (κ3) is 8.69. The molecule has 0 bridgehead atoms. The maximum absolute atomic E-state index is 12.2. The van der Waals surface area contributed by atoms with Crippen LogP contribution in [0.1, 0.15) is 49.6 Å². The van der Waals surface area contributed by atoms with Crippen molar-refractivity contribution in [1.29, 1.82) is 0 Å². The van der Waals surface area contributed by atoms with Gasteiger partial charge in [-0.25, -0.2) is 19.7 Å². The van der Waals surface area contributed by atoms with Crippen LogP contribution in [0, 0.1) is 6.92 Å². The average Bonchev–Trinajstić information content (AvgIpc) is 2.97. The number of pyridine rings is 2. The minimum Gasteiger partial charge on any atom is -0.480 e. The van der Waals surface area contributed by atoms with Gasteiger partial charge in [-0.1, -0.05) is 6.07 Å². The van der Waals surface area contributed by atoms with Gasteiger partial charge >= 0.3 is 5.97 Å². The van der Waals surface area contributed by atoms with E-state index in [9.17, 15) is 9.90 Å². The molecule has 1 aliphatic heterocycles. The largest absolute Gasteiger partial charge is 0.480 e. The maximum atomic E-state index is 12.2. The standard InChI is InChI=1S/C30H41N7O3/c1-21-19-27(36-29(33-21)24-11-15-31-16-12-24)35-26(30(38)39)13-18-37(20-22(2)40-3)17-5-4-8-25-10-9-23-7-6-14-32-28(23)34-25/h9-12,15-16,19,22,26H,4-8,13-14,17-18,20H2,1-3H3,(H,32,34)(H,38,39)(H,33,35,36)/t22-,26?/m1/s1. The maximum Gasteiger partial charge on any atom is 0.326 e. The van der Waals surface area contributed by atoms with E-state index in [1.165, 1.54) is 5.56 Å². The Kier molecular flexibility index (Phi) is 10.8. The van der Waals surface area contributed by atoms with E-state index in [2.05, 4.69) is 42.6 Å². The fraction of sp³-hybridized carbons (Fsp3) is 0.500. The summed E-state index contributed by atoms with van der Waals surface area (Å²) < 4.78 is 5.52. The highest BCUT2D eigenvalue weighted by Crippen LogP contribution is 2.21. The van der Waals surface area contributed by atoms with Gasteiger partial charge in [0.1, 0.15) is 17.7 Å². The van der Waals surface area contributed by atoms with Gasteiger partial charge in [0.15, 0.2) is 5.82 Å². The lowest BCUT2D eigenvalue weighted by Crippen LogP contribution is -2.38. The molecule has 4 rings (SSSR count). The Hall–Kier alpha value is -3.63. The Morgan fingerprint density at radius 1 is 1.15 bits per heavy atom. The number of nitrogens with one attached hydrogen (secondary N) is 2. The lowest BCUT2D eigenvalue weighted by atomic mass is 10.1. The number of hydrogen-bond donors (Lipinski definition) is 3. The highest BCUT2D eigenvalue weighted by atomic mass is 16.5. The van der Waals surface area contributed by atoms with E-state index in [0.717, 1.165) is 74.5 Å². The summed E-state index contributed by atoms with van der Waals surface area (Å²) in [5, 5.41) is 16.5. The van der Waals surface area contributed by atoms with Crippen molar-refractivity contribution in [2.24, 2.45) is 0 Å². The predicted molar refractivity (Wildman–Crippen MR) is 157 cm³/mol. The summed E-state index contributed by atoms with van der Waals surface area (Å²) in [6, 6.07) is 9.01. The second-order valence-electron chi connectivity index (χ2n) is 10.4. The van der Waals surface area contributed by atoms with Crippen LogP contribution < -0.4 is 10.6 Å². The van der Waals surface area contributed by atoms with Gasteiger partial charge in [0, 0.05) is 62.2 Å². The lowest BCUT2D eigenvalue weighted by Gasteiger charge is -2.27. The van der Waals surface area contributed by atoms with Crippen molar-refractivity contribution in [3.8, 4) is 11.4 Å². The molecule has 4 heterocycles. The highest BCUT2D eigenvalue weighted by molar-refractivity contribution is 5.77. The third-order valence-corrected chi connectivity index (χ3v) is 7.17. The van der Waals surface area contributed by atoms with Crippen molar-refractivity contribution in [3.63, 3.8) is 0 Å². The molecule has 0 radical (unpaired) electrons. The van der Waals surface area contributed by atoms with Crippen LogP contribution in [0.5, 0.6) is 0 Å². The zero-order valence-corrected chi connectivity index (χ0v) is 23.8. The van der Waals surface area contributed by atoms with Crippen molar-refractivity contribution in [2.75, 3.05) is 43.9 Å². The zero-order valence-electron chi connectivity index (χ0n) is 23.8. The predicted octanol–water partition coefficient (Wildman–Crippen LogP) is 4.22. The van der Waals surface area contributed by atoms with Crippen LogP contribution in [0.3, 0.4) is 0 Å². The molecule has 0 amide bonds. The molecule has 214 valence electrons. The number of methoxy groups -OCH3 is 1. The molecular formula is C30H41N7O3. The smallest absolute Gasteiger partial charge is 0.326 e. The van der Waals surface area contributed by atoms with Crippen LogP contribution >= 0.6 is 0 Å². The molecule has 0 fully saturated rings. The molecule has 0 saturated carbocycles. The molecule has 0 aromatic carbocycles. The van der Waals surface area contributed by atoms with Crippen LogP contribution in [-0.2, 0) is 22.4 Å². The van der Waals surface area contributed by atoms with Crippen LogP contribution in [0.2, 0.25) is 0 Å². The van der Waals surface area contributed by atoms with Crippen LogP contribution in [0.4, 0.5) is 11.6 Å². The Bertz CT molecular complexity index is 1240. The third-order valence-electron chi connectivity index (χ3n) is 7.17. The molecular weight excluding hydrogens is 506 g/mol. The molecule has 0 saturated heterocycles. The van der Waals surface area contributed by atoms with Gasteiger partial charge in [0.05, 0.1) is 6.10 Å². The van der Waals surface area contributed by atoms with Crippen molar-refractivity contribution in [3.05, 3.63) is 59.7 Å². The minimum absolute atomic E-state index is 0.0528. The van der Waals surface area contributed by atoms with Gasteiger partial charge in [0.2, 0.25) is 0 Å². The molecule has 10 heteroatoms. The second kappa shape index (κ2) is 14.7. The van der Waals surface area contributed by atoms with Gasteiger partial charge in [-0.15, -0.1) is 0 Å². The van der Waals surface area contributed by atoms with Crippen LogP contribution in [0.15, 0.2) is 42.7 Å². The summed E-state index contributed by atoms with van der Waals surface area (Å²) in [6.07, 6.45) is 9.04. The van der Waals surface area contributed by atoms with Gasteiger partial charge in [0.25, 0.3) is 0 Å². The molecule has 3 N–H and O–H groups in total. The molecule has 2 atom stereocenters. The molecule has 1 unspecified atom stereocenters. The van der Waals surface area contributed by atoms with E-state index in [4.69, 9.17) is 9.72 Å². The van der Waals surface area contributed by atoms with Crippen LogP contribution in [-0.4, -0.2) is 81.3 Å². The first kappa shape index (κ1) is 29.4. The summed E-state index contributed by atoms with van der Waals surface area (Å²) in [4.78, 5) is 32.4. The summed E-state index contributed by atoms with van der Waals surface area (Å²) in [6.45, 7) is 7.13. The van der Waals surface area contributed by atoms with Gasteiger partial charge in [-0.05, 0) is 82.7 Å². The fourth-order valence-corrected chi connectivity index (χ4v) is 4.90. The number of anilines is 2. The first-order valence-electron chi connectivity index (χ1n) is 14.1. The summed E-state index contributed by atoms with van der Waals surface area (Å²) in [5.74, 6) is 1.16. The topological polar surface area (TPSA) is 125 Å². The number of ether oxygens (including phenoxy) is 1. The van der Waals surface area contributed by atoms with Crippen molar-refractivity contribution in [2.45, 2.75) is 64.5 Å². The van der Waals surface area contributed by atoms with Gasteiger partial charge in [-0.3, -0.25) is 4.98 Å². The number of rotatable bonds is 15. The van der Waals surface area contributed by atoms with E-state index in [1.54, 1.807) is 25.6 Å². The molecule has 0 aliphatic carbocycles. The number of nitrogens with zero attached hydrogens (tertiary/aromatic N) is 5. The number of aliphatic carboxylic acids is 1. The number of carboxylic acids is 1. The summed E-state index contributed by atoms with van der Waals surface area (Å²) in [5.41, 5.74) is 4.01. The number of carbonyl (C=O) groups is 1. The average molecular weight is 548 g/mol. The molecule has 3 aromatic heterocycles. The van der Waals surface area contributed by atoms with E-state index in [1.807, 2.05) is 26.0 Å². The number of aryl methyl sites for hydroxylation is 3. The summed E-state index contributed by atoms with van der Waals surface area (Å²) in [7, 11) is 1.71. The Morgan fingerprint density at radius 2 is 1.98 bits per heavy atom. The normalized spacial score (nSPS) is 14.3. The number of carboxylic acid groups (broad SMARTS) is 1. The lowest BCUT2D eigenvalue weighted by molar-refractivity contribution is -0.138. The number of fused-ring (bicyclic) bond motifs is 1. The van der Waals surface area contributed by atoms with Crippen LogP contribution in [0.25, 0.3) is 11.4 Å². The fourth-order valence-electron chi connectivity index (χ4n) is 4.90. The molecule has 1 aliphatic rings. The first-order valence-corrected chi connectivity index (χ1v) is 14.1. The minimum atomic E-state index is -0.909. The molecule has 3 aromatic rings. The Morgan fingerprint density at radius 3 is 2.75 bits per heavy atom. The SMILES string of the molecule is CO[C@H](C)CN(CCCCc1ccc2c(n1)NCCC2)CCC(Nc1cc(C)nc(-c2ccncc2)n1)C(=O)O. The summed E-state index contributed by atoms with van der Waals surface area (Å²) >= 11 is 0. The van der Waals surface area contributed by atoms with Gasteiger partial charge < -0.3 is 25.4 Å². The van der Waals surface area contributed by atoms with Crippen molar-refractivity contribution < 1.29 is 14.6 Å². The monoisotopic (exact) mass is 547 g/mol. The van der Waals surface area contributed by atoms with Gasteiger partial charge in [-0.2, -0.15) is 0 Å². The molecule has 40 heavy (non-hydrogen) atoms. The van der Waals surface area contributed by atoms with E-state index in [0.29, 0.717) is 24.6 Å². The number of aromatic nitrogens is 4. The Balaban J connectivity index is 1.33. The van der Waals surface area contributed by atoms with E-state index >= 15 is 0 Å². The molecule has 10 nitrogen and oxygen atoms in total. The first-order chi connectivity index (χ1) is 19.4. The van der Waals surface area contributed by atoms with Crippen molar-refractivity contribution in [1.82, 2.24) is 24.8 Å². The van der Waals surface area contributed by atoms with E-state index < -0.39 is 12.0 Å². The number of hydrogen-bond acceptors (Lipinski definition) is 9. The highest BCUT2D eigenvalue weighted by Gasteiger charge is 2.21. The Labute approximate surface area is 236 Å². The zero-order chi connectivity index (χ0) is 28.3. The van der Waals surface area contributed by atoms with Crippen molar-refractivity contribution >= 4 is 17.6 Å².